The van der Waals surface area contributed by atoms with Crippen molar-refractivity contribution in [1.29, 1.82) is 0 Å². The predicted octanol–water partition coefficient (Wildman–Crippen LogP) is -0.806. The molecule has 2 rings (SSSR count). The van der Waals surface area contributed by atoms with Gasteiger partial charge in [0.05, 0.1) is 12.8 Å². The van der Waals surface area contributed by atoms with Crippen LogP contribution in [-0.4, -0.2) is 44.7 Å². The van der Waals surface area contributed by atoms with Crippen LogP contribution in [0.3, 0.4) is 0 Å². The molecule has 1 atom stereocenters. The van der Waals surface area contributed by atoms with Gasteiger partial charge in [0.2, 0.25) is 0 Å². The van der Waals surface area contributed by atoms with E-state index in [1.54, 1.807) is 0 Å². The van der Waals surface area contributed by atoms with Gasteiger partial charge in [-0.15, -0.1) is 0 Å². The molecule has 20 heavy (non-hydrogen) atoms. The Morgan fingerprint density at radius 2 is 2.25 bits per heavy atom. The Bertz CT molecular complexity index is 572. The van der Waals surface area contributed by atoms with Gasteiger partial charge in [0.1, 0.15) is 18.0 Å². The molecule has 104 valence electrons. The van der Waals surface area contributed by atoms with Crippen LogP contribution < -0.4 is 10.6 Å². The lowest BCUT2D eigenvalue weighted by Gasteiger charge is -2.14. The van der Waals surface area contributed by atoms with Gasteiger partial charge in [0.25, 0.3) is 11.8 Å². The average Bonchev–Trinajstić information content (AvgIpc) is 2.98. The molecule has 0 saturated carbocycles. The van der Waals surface area contributed by atoms with Crippen molar-refractivity contribution in [2.75, 3.05) is 11.9 Å². The zero-order valence-corrected chi connectivity index (χ0v) is 10.2. The van der Waals surface area contributed by atoms with Crippen LogP contribution in [0.25, 0.3) is 0 Å². The largest absolute Gasteiger partial charge is 0.394 e. The van der Waals surface area contributed by atoms with Crippen LogP contribution in [0.4, 0.5) is 5.82 Å². The molecule has 0 spiro atoms. The fourth-order valence-corrected chi connectivity index (χ4v) is 1.33. The highest BCUT2D eigenvalue weighted by Gasteiger charge is 2.21. The number of amides is 2. The van der Waals surface area contributed by atoms with Crippen LogP contribution >= 0.6 is 0 Å². The van der Waals surface area contributed by atoms with Crippen molar-refractivity contribution in [3.63, 3.8) is 0 Å². The normalized spacial score (nSPS) is 11.7. The number of anilines is 1. The second-order valence-corrected chi connectivity index (χ2v) is 3.67. The van der Waals surface area contributed by atoms with E-state index < -0.39 is 24.5 Å². The zero-order valence-electron chi connectivity index (χ0n) is 10.2. The number of aliphatic hydroxyl groups is 1. The first-order valence-electron chi connectivity index (χ1n) is 5.59. The summed E-state index contributed by atoms with van der Waals surface area (Å²) in [6.45, 7) is -0.574. The maximum absolute atomic E-state index is 11.8. The Kier molecular flexibility index (Phi) is 4.35. The molecule has 0 unspecified atom stereocenters. The highest BCUT2D eigenvalue weighted by atomic mass is 16.5. The molecule has 0 bridgehead atoms. The van der Waals surface area contributed by atoms with Crippen LogP contribution in [0, 0.1) is 0 Å². The topological polar surface area (TPSA) is 130 Å². The van der Waals surface area contributed by atoms with E-state index in [4.69, 9.17) is 5.11 Å². The molecule has 2 heterocycles. The Hall–Kier alpha value is -2.81. The third kappa shape index (κ3) is 3.36. The number of rotatable bonds is 5. The molecular weight excluding hydrogens is 266 g/mol. The lowest BCUT2D eigenvalue weighted by atomic mass is 10.2. The minimum atomic E-state index is -1.14. The Morgan fingerprint density at radius 3 is 2.85 bits per heavy atom. The highest BCUT2D eigenvalue weighted by Crippen LogP contribution is 2.02. The molecule has 3 N–H and O–H groups in total. The van der Waals surface area contributed by atoms with E-state index in [1.807, 2.05) is 0 Å². The number of nitrogens with zero attached hydrogens (tertiary/aromatic N) is 3. The van der Waals surface area contributed by atoms with Gasteiger partial charge in [0.15, 0.2) is 5.82 Å². The Morgan fingerprint density at radius 1 is 1.40 bits per heavy atom. The number of carbonyl (C=O) groups is 2. The standard InChI is InChI=1S/C11H11N5O4/c17-6-8(11(19)15-9-1-4-20-16-9)14-10(18)7-5-12-2-3-13-7/h1-5,8,17H,6H2,(H,14,18)(H,15,16,19)/t8-/m0/s1. The summed E-state index contributed by atoms with van der Waals surface area (Å²) in [5.41, 5.74) is 0.0418. The molecule has 2 amide bonds. The van der Waals surface area contributed by atoms with Gasteiger partial charge < -0.3 is 20.3 Å². The Labute approximate surface area is 113 Å². The predicted molar refractivity (Wildman–Crippen MR) is 65.5 cm³/mol. The number of aliphatic hydroxyl groups excluding tert-OH is 1. The summed E-state index contributed by atoms with van der Waals surface area (Å²) >= 11 is 0. The van der Waals surface area contributed by atoms with Gasteiger partial charge in [0, 0.05) is 18.5 Å². The fraction of sp³-hybridized carbons (Fsp3) is 0.182. The van der Waals surface area contributed by atoms with Crippen molar-refractivity contribution in [1.82, 2.24) is 20.4 Å². The molecule has 9 heteroatoms. The summed E-state index contributed by atoms with van der Waals surface area (Å²) in [4.78, 5) is 31.1. The van der Waals surface area contributed by atoms with E-state index in [9.17, 15) is 9.59 Å². The summed E-state index contributed by atoms with van der Waals surface area (Å²) in [7, 11) is 0. The number of aromatic nitrogens is 3. The minimum Gasteiger partial charge on any atom is -0.394 e. The summed E-state index contributed by atoms with van der Waals surface area (Å²) in [5, 5.41) is 17.4. The number of hydrogen-bond acceptors (Lipinski definition) is 7. The first-order valence-corrected chi connectivity index (χ1v) is 5.59. The summed E-state index contributed by atoms with van der Waals surface area (Å²) in [6, 6.07) is 0.290. The monoisotopic (exact) mass is 277 g/mol. The van der Waals surface area contributed by atoms with Crippen LogP contribution in [0.15, 0.2) is 35.4 Å². The lowest BCUT2D eigenvalue weighted by Crippen LogP contribution is -2.46. The van der Waals surface area contributed by atoms with Crippen molar-refractivity contribution in [2.24, 2.45) is 0 Å². The van der Waals surface area contributed by atoms with E-state index in [1.165, 1.54) is 30.9 Å². The third-order valence-corrected chi connectivity index (χ3v) is 2.29. The molecule has 0 radical (unpaired) electrons. The van der Waals surface area contributed by atoms with Gasteiger partial charge in [-0.05, 0) is 0 Å². The first-order chi connectivity index (χ1) is 9.70. The van der Waals surface area contributed by atoms with Crippen molar-refractivity contribution in [2.45, 2.75) is 6.04 Å². The zero-order chi connectivity index (χ0) is 14.4. The molecule has 0 aliphatic rings. The highest BCUT2D eigenvalue weighted by molar-refractivity contribution is 5.99. The fourth-order valence-electron chi connectivity index (χ4n) is 1.33. The molecule has 0 aromatic carbocycles. The van der Waals surface area contributed by atoms with Crippen LogP contribution in [0.1, 0.15) is 10.5 Å². The molecule has 2 aromatic heterocycles. The SMILES string of the molecule is O=C(N[C@@H](CO)C(=O)Nc1ccon1)c1cnccn1. The van der Waals surface area contributed by atoms with Crippen molar-refractivity contribution in [3.8, 4) is 0 Å². The van der Waals surface area contributed by atoms with Crippen molar-refractivity contribution in [3.05, 3.63) is 36.6 Å². The molecular formula is C11H11N5O4. The van der Waals surface area contributed by atoms with E-state index in [0.29, 0.717) is 0 Å². The van der Waals surface area contributed by atoms with Crippen LogP contribution in [-0.2, 0) is 4.79 Å². The van der Waals surface area contributed by atoms with E-state index >= 15 is 0 Å². The summed E-state index contributed by atoms with van der Waals surface area (Å²) < 4.78 is 4.55. The maximum Gasteiger partial charge on any atom is 0.272 e. The molecule has 0 saturated heterocycles. The second kappa shape index (κ2) is 6.38. The first kappa shape index (κ1) is 13.6. The van der Waals surface area contributed by atoms with E-state index in [-0.39, 0.29) is 11.5 Å². The molecule has 2 aromatic rings. The number of nitrogens with one attached hydrogen (secondary N) is 2. The summed E-state index contributed by atoms with van der Waals surface area (Å²) in [6.07, 6.45) is 5.29. The van der Waals surface area contributed by atoms with Gasteiger partial charge in [-0.1, -0.05) is 5.16 Å². The van der Waals surface area contributed by atoms with Crippen molar-refractivity contribution >= 4 is 17.6 Å². The maximum atomic E-state index is 11.8. The van der Waals surface area contributed by atoms with Gasteiger partial charge in [-0.2, -0.15) is 0 Å². The lowest BCUT2D eigenvalue weighted by molar-refractivity contribution is -0.118. The smallest absolute Gasteiger partial charge is 0.272 e. The van der Waals surface area contributed by atoms with Gasteiger partial charge in [-0.25, -0.2) is 4.98 Å². The minimum absolute atomic E-state index is 0.0418. The summed E-state index contributed by atoms with van der Waals surface area (Å²) in [5.74, 6) is -1.06. The van der Waals surface area contributed by atoms with E-state index in [2.05, 4.69) is 30.3 Å². The van der Waals surface area contributed by atoms with Crippen LogP contribution in [0.5, 0.6) is 0 Å². The third-order valence-electron chi connectivity index (χ3n) is 2.29. The molecule has 0 fully saturated rings. The number of carbonyl (C=O) groups excluding carboxylic acids is 2. The Balaban J connectivity index is 1.98. The van der Waals surface area contributed by atoms with Crippen molar-refractivity contribution < 1.29 is 19.2 Å². The second-order valence-electron chi connectivity index (χ2n) is 3.67. The number of hydrogen-bond donors (Lipinski definition) is 3. The van der Waals surface area contributed by atoms with Crippen LogP contribution in [0.2, 0.25) is 0 Å². The molecule has 9 nitrogen and oxygen atoms in total. The van der Waals surface area contributed by atoms with Gasteiger partial charge in [-0.3, -0.25) is 14.6 Å². The molecule has 0 aliphatic heterocycles. The van der Waals surface area contributed by atoms with Gasteiger partial charge >= 0.3 is 0 Å². The molecule has 0 aliphatic carbocycles. The van der Waals surface area contributed by atoms with E-state index in [0.717, 1.165) is 0 Å². The quantitative estimate of drug-likeness (QED) is 0.651. The average molecular weight is 277 g/mol.